The van der Waals surface area contributed by atoms with Crippen LogP contribution in [0.4, 0.5) is 0 Å². The van der Waals surface area contributed by atoms with Gasteiger partial charge in [0.1, 0.15) is 18.1 Å². The minimum Gasteiger partial charge on any atom is -0.493 e. The van der Waals surface area contributed by atoms with Crippen LogP contribution in [0.2, 0.25) is 0 Å². The predicted molar refractivity (Wildman–Crippen MR) is 99.1 cm³/mol. The van der Waals surface area contributed by atoms with Gasteiger partial charge in [-0.2, -0.15) is 0 Å². The first-order chi connectivity index (χ1) is 11.4. The number of hydrogen-bond donors (Lipinski definition) is 0. The molecule has 1 aliphatic rings. The average molecular weight is 330 g/mol. The third kappa shape index (κ3) is 5.41. The smallest absolute Gasteiger partial charge is 0.126 e. The van der Waals surface area contributed by atoms with Crippen LogP contribution < -0.4 is 9.47 Å². The lowest BCUT2D eigenvalue weighted by atomic mass is 10.0. The second-order valence-corrected chi connectivity index (χ2v) is 6.97. The Balaban J connectivity index is 1.81. The molecule has 1 unspecified atom stereocenters. The van der Waals surface area contributed by atoms with Gasteiger partial charge in [0, 0.05) is 24.2 Å². The molecule has 1 heterocycles. The molecule has 0 amide bonds. The molecule has 0 fully saturated rings. The molecule has 132 valence electrons. The zero-order valence-electron chi connectivity index (χ0n) is 15.6. The van der Waals surface area contributed by atoms with E-state index in [1.54, 1.807) is 0 Å². The van der Waals surface area contributed by atoms with E-state index in [4.69, 9.17) is 14.2 Å². The van der Waals surface area contributed by atoms with E-state index < -0.39 is 0 Å². The van der Waals surface area contributed by atoms with Gasteiger partial charge in [-0.3, -0.25) is 0 Å². The monoisotopic (exact) mass is 330 g/mol. The summed E-state index contributed by atoms with van der Waals surface area (Å²) in [4.78, 5) is 0. The first-order valence-corrected chi connectivity index (χ1v) is 8.78. The topological polar surface area (TPSA) is 27.7 Å². The zero-order chi connectivity index (χ0) is 17.6. The van der Waals surface area contributed by atoms with Gasteiger partial charge in [0.05, 0.1) is 12.2 Å². The molecule has 2 rings (SSSR count). The highest BCUT2D eigenvalue weighted by Crippen LogP contribution is 2.36. The minimum absolute atomic E-state index is 0.108. The van der Waals surface area contributed by atoms with Crippen molar-refractivity contribution in [2.24, 2.45) is 0 Å². The Bertz CT molecular complexity index is 599. The lowest BCUT2D eigenvalue weighted by Gasteiger charge is -2.22. The lowest BCUT2D eigenvalue weighted by Crippen LogP contribution is -2.23. The quantitative estimate of drug-likeness (QED) is 0.608. The summed E-state index contributed by atoms with van der Waals surface area (Å²) in [6.45, 7) is 12.6. The number of rotatable bonds is 8. The standard InChI is InChI=1S/C21H30O3/c1-6-24-21(4,5)12-7-8-16(2)11-13-22-18-9-10-19-17(3)15-23-20(19)14-18/h7-11,14,17H,6,12-13,15H2,1-5H3. The predicted octanol–water partition coefficient (Wildman–Crippen LogP) is 5.27. The van der Waals surface area contributed by atoms with Crippen LogP contribution in [0.15, 0.2) is 42.0 Å². The maximum atomic E-state index is 5.81. The molecule has 0 aliphatic carbocycles. The van der Waals surface area contributed by atoms with Crippen molar-refractivity contribution in [2.45, 2.75) is 52.6 Å². The number of ether oxygens (including phenoxy) is 3. The summed E-state index contributed by atoms with van der Waals surface area (Å²) < 4.78 is 17.2. The lowest BCUT2D eigenvalue weighted by molar-refractivity contribution is -0.00732. The van der Waals surface area contributed by atoms with Gasteiger partial charge in [-0.15, -0.1) is 0 Å². The van der Waals surface area contributed by atoms with Gasteiger partial charge in [-0.05, 0) is 46.3 Å². The maximum absolute atomic E-state index is 5.81. The molecular formula is C21H30O3. The fourth-order valence-electron chi connectivity index (χ4n) is 2.76. The van der Waals surface area contributed by atoms with Crippen molar-refractivity contribution < 1.29 is 14.2 Å². The van der Waals surface area contributed by atoms with Crippen molar-refractivity contribution in [1.29, 1.82) is 0 Å². The van der Waals surface area contributed by atoms with Gasteiger partial charge < -0.3 is 14.2 Å². The fourth-order valence-corrected chi connectivity index (χ4v) is 2.76. The molecule has 3 heteroatoms. The van der Waals surface area contributed by atoms with Crippen molar-refractivity contribution in [1.82, 2.24) is 0 Å². The van der Waals surface area contributed by atoms with E-state index in [0.29, 0.717) is 12.5 Å². The molecule has 0 saturated carbocycles. The largest absolute Gasteiger partial charge is 0.493 e. The Morgan fingerprint density at radius 3 is 2.92 bits per heavy atom. The van der Waals surface area contributed by atoms with Crippen LogP contribution in [0, 0.1) is 0 Å². The summed E-state index contributed by atoms with van der Waals surface area (Å²) in [6, 6.07) is 6.12. The second-order valence-electron chi connectivity index (χ2n) is 6.97. The van der Waals surface area contributed by atoms with Gasteiger partial charge in [-0.25, -0.2) is 0 Å². The van der Waals surface area contributed by atoms with Crippen molar-refractivity contribution in [2.75, 3.05) is 19.8 Å². The highest BCUT2D eigenvalue weighted by Gasteiger charge is 2.20. The van der Waals surface area contributed by atoms with E-state index in [9.17, 15) is 0 Å². The molecule has 1 aromatic carbocycles. The third-order valence-electron chi connectivity index (χ3n) is 4.19. The number of hydrogen-bond acceptors (Lipinski definition) is 3. The Morgan fingerprint density at radius 2 is 2.17 bits per heavy atom. The summed E-state index contributed by atoms with van der Waals surface area (Å²) in [5.74, 6) is 2.29. The second kappa shape index (κ2) is 8.39. The molecular weight excluding hydrogens is 300 g/mol. The number of allylic oxidation sites excluding steroid dienone is 2. The van der Waals surface area contributed by atoms with Crippen molar-refractivity contribution in [3.8, 4) is 11.5 Å². The van der Waals surface area contributed by atoms with E-state index in [1.165, 1.54) is 11.1 Å². The molecule has 1 atom stereocenters. The minimum atomic E-state index is -0.108. The first-order valence-electron chi connectivity index (χ1n) is 8.78. The SMILES string of the molecule is CCOC(C)(C)CC=CC(C)=CCOc1ccc2c(c1)OCC2C. The molecule has 0 radical (unpaired) electrons. The molecule has 1 aliphatic heterocycles. The van der Waals surface area contributed by atoms with Crippen LogP contribution in [-0.2, 0) is 4.74 Å². The van der Waals surface area contributed by atoms with E-state index in [-0.39, 0.29) is 5.60 Å². The molecule has 24 heavy (non-hydrogen) atoms. The van der Waals surface area contributed by atoms with E-state index >= 15 is 0 Å². The molecule has 0 N–H and O–H groups in total. The molecule has 0 aromatic heterocycles. The van der Waals surface area contributed by atoms with Crippen LogP contribution >= 0.6 is 0 Å². The summed E-state index contributed by atoms with van der Waals surface area (Å²) in [5.41, 5.74) is 2.35. The van der Waals surface area contributed by atoms with E-state index in [0.717, 1.165) is 31.1 Å². The molecule has 0 bridgehead atoms. The van der Waals surface area contributed by atoms with Crippen LogP contribution in [-0.4, -0.2) is 25.4 Å². The Morgan fingerprint density at radius 1 is 1.38 bits per heavy atom. The van der Waals surface area contributed by atoms with Gasteiger partial charge in [0.25, 0.3) is 0 Å². The summed E-state index contributed by atoms with van der Waals surface area (Å²) in [5, 5.41) is 0. The molecule has 3 nitrogen and oxygen atoms in total. The Labute approximate surface area is 146 Å². The van der Waals surface area contributed by atoms with Crippen molar-refractivity contribution in [3.63, 3.8) is 0 Å². The van der Waals surface area contributed by atoms with Crippen molar-refractivity contribution in [3.05, 3.63) is 47.6 Å². The Kier molecular flexibility index (Phi) is 6.50. The summed E-state index contributed by atoms with van der Waals surface area (Å²) in [6.07, 6.45) is 7.26. The van der Waals surface area contributed by atoms with Gasteiger partial charge in [-0.1, -0.05) is 30.7 Å². The van der Waals surface area contributed by atoms with Crippen LogP contribution in [0.1, 0.15) is 52.5 Å². The summed E-state index contributed by atoms with van der Waals surface area (Å²) >= 11 is 0. The van der Waals surface area contributed by atoms with E-state index in [1.807, 2.05) is 19.1 Å². The van der Waals surface area contributed by atoms with E-state index in [2.05, 4.69) is 52.0 Å². The molecule has 1 aromatic rings. The van der Waals surface area contributed by atoms with Crippen LogP contribution in [0.5, 0.6) is 11.5 Å². The number of fused-ring (bicyclic) bond motifs is 1. The molecule has 0 spiro atoms. The summed E-state index contributed by atoms with van der Waals surface area (Å²) in [7, 11) is 0. The van der Waals surface area contributed by atoms with Gasteiger partial charge in [0.15, 0.2) is 0 Å². The highest BCUT2D eigenvalue weighted by atomic mass is 16.5. The van der Waals surface area contributed by atoms with Crippen LogP contribution in [0.25, 0.3) is 0 Å². The normalized spacial score (nSPS) is 17.9. The number of benzene rings is 1. The average Bonchev–Trinajstić information content (AvgIpc) is 2.88. The first kappa shape index (κ1) is 18.6. The van der Waals surface area contributed by atoms with Gasteiger partial charge >= 0.3 is 0 Å². The fraction of sp³-hybridized carbons (Fsp3) is 0.524. The van der Waals surface area contributed by atoms with Gasteiger partial charge in [0.2, 0.25) is 0 Å². The molecule has 0 saturated heterocycles. The maximum Gasteiger partial charge on any atom is 0.126 e. The Hall–Kier alpha value is -1.74. The third-order valence-corrected chi connectivity index (χ3v) is 4.19. The van der Waals surface area contributed by atoms with Crippen LogP contribution in [0.3, 0.4) is 0 Å². The van der Waals surface area contributed by atoms with Crippen molar-refractivity contribution >= 4 is 0 Å². The highest BCUT2D eigenvalue weighted by molar-refractivity contribution is 5.45. The zero-order valence-corrected chi connectivity index (χ0v) is 15.6.